The highest BCUT2D eigenvalue weighted by Gasteiger charge is 2.17. The van der Waals surface area contributed by atoms with Gasteiger partial charge in [-0.1, -0.05) is 67.6 Å². The van der Waals surface area contributed by atoms with Crippen LogP contribution in [0, 0.1) is 0 Å². The minimum Gasteiger partial charge on any atom is -0.344 e. The minimum atomic E-state index is -0.322. The Balaban J connectivity index is 1.43. The molecule has 0 aliphatic heterocycles. The van der Waals surface area contributed by atoms with Crippen LogP contribution in [0.1, 0.15) is 41.5 Å². The minimum absolute atomic E-state index is 0.181. The van der Waals surface area contributed by atoms with Crippen LogP contribution in [-0.4, -0.2) is 20.5 Å². The first kappa shape index (κ1) is 20.7. The number of aromatic nitrogens is 3. The van der Waals surface area contributed by atoms with Gasteiger partial charge in [0.2, 0.25) is 0 Å². The third kappa shape index (κ3) is 4.03. The molecule has 1 amide bonds. The summed E-state index contributed by atoms with van der Waals surface area (Å²) in [5, 5.41) is 9.56. The quantitative estimate of drug-likeness (QED) is 0.411. The summed E-state index contributed by atoms with van der Waals surface area (Å²) in [6, 6.07) is 23.6. The van der Waals surface area contributed by atoms with E-state index in [4.69, 9.17) is 0 Å². The number of rotatable bonds is 5. The third-order valence-electron chi connectivity index (χ3n) is 6.00. The molecule has 0 aliphatic rings. The molecule has 0 bridgehead atoms. The van der Waals surface area contributed by atoms with E-state index in [9.17, 15) is 9.59 Å². The topological polar surface area (TPSA) is 79.3 Å². The Kier molecular flexibility index (Phi) is 5.26. The molecule has 6 nitrogen and oxygen atoms in total. The number of carbonyl (C=O) groups excluding carboxylic acids is 1. The fraction of sp³-hybridized carbons (Fsp3) is 0.148. The standard InChI is InChI=1S/C27H24N4O2/c1-3-18-8-10-19(11-9-18)17(2)28-26(32)23-15-25-27(33)29-24(16-31(25)30-23)22-13-12-20-6-4-5-7-21(20)14-22/h4-17H,3H2,1-2H3,(H,28,32)(H,29,33). The fourth-order valence-electron chi connectivity index (χ4n) is 4.01. The summed E-state index contributed by atoms with van der Waals surface area (Å²) in [5.74, 6) is -0.322. The second kappa shape index (κ2) is 8.39. The Bertz CT molecular complexity index is 1530. The van der Waals surface area contributed by atoms with Gasteiger partial charge in [-0.2, -0.15) is 5.10 Å². The molecule has 2 heterocycles. The predicted molar refractivity (Wildman–Crippen MR) is 130 cm³/mol. The molecule has 0 saturated heterocycles. The lowest BCUT2D eigenvalue weighted by molar-refractivity contribution is 0.0934. The highest BCUT2D eigenvalue weighted by atomic mass is 16.2. The summed E-state index contributed by atoms with van der Waals surface area (Å²) < 4.78 is 1.47. The third-order valence-corrected chi connectivity index (χ3v) is 6.00. The first-order valence-electron chi connectivity index (χ1n) is 11.0. The number of aromatic amines is 1. The molecule has 1 unspecified atom stereocenters. The maximum atomic E-state index is 12.8. The van der Waals surface area contributed by atoms with E-state index in [1.807, 2.05) is 61.5 Å². The summed E-state index contributed by atoms with van der Waals surface area (Å²) in [6.07, 6.45) is 2.71. The van der Waals surface area contributed by atoms with Crippen LogP contribution >= 0.6 is 0 Å². The highest BCUT2D eigenvalue weighted by molar-refractivity contribution is 5.94. The maximum absolute atomic E-state index is 12.8. The zero-order valence-electron chi connectivity index (χ0n) is 18.5. The van der Waals surface area contributed by atoms with Crippen molar-refractivity contribution in [2.24, 2.45) is 0 Å². The Labute approximate surface area is 190 Å². The van der Waals surface area contributed by atoms with Crippen LogP contribution in [0.3, 0.4) is 0 Å². The normalized spacial score (nSPS) is 12.2. The molecule has 3 aromatic carbocycles. The molecule has 2 N–H and O–H groups in total. The summed E-state index contributed by atoms with van der Waals surface area (Å²) >= 11 is 0. The number of hydrogen-bond donors (Lipinski definition) is 2. The second-order valence-electron chi connectivity index (χ2n) is 8.21. The van der Waals surface area contributed by atoms with Gasteiger partial charge in [0.1, 0.15) is 5.52 Å². The van der Waals surface area contributed by atoms with Gasteiger partial charge in [-0.05, 0) is 41.3 Å². The van der Waals surface area contributed by atoms with Crippen molar-refractivity contribution < 1.29 is 4.79 Å². The van der Waals surface area contributed by atoms with Crippen LogP contribution in [0.2, 0.25) is 0 Å². The van der Waals surface area contributed by atoms with E-state index < -0.39 is 0 Å². The van der Waals surface area contributed by atoms with Crippen molar-refractivity contribution >= 4 is 22.2 Å². The molecule has 0 spiro atoms. The Hall–Kier alpha value is -4.19. The number of benzene rings is 3. The number of nitrogens with zero attached hydrogens (tertiary/aromatic N) is 2. The van der Waals surface area contributed by atoms with Gasteiger partial charge in [0, 0.05) is 11.6 Å². The molecule has 6 heteroatoms. The summed E-state index contributed by atoms with van der Waals surface area (Å²) in [6.45, 7) is 4.04. The fourth-order valence-corrected chi connectivity index (χ4v) is 4.01. The van der Waals surface area contributed by atoms with Crippen molar-refractivity contribution in [2.75, 3.05) is 0 Å². The van der Waals surface area contributed by atoms with Gasteiger partial charge in [0.25, 0.3) is 11.5 Å². The lowest BCUT2D eigenvalue weighted by Crippen LogP contribution is -2.27. The van der Waals surface area contributed by atoms with Crippen molar-refractivity contribution in [3.8, 4) is 11.3 Å². The lowest BCUT2D eigenvalue weighted by atomic mass is 10.0. The van der Waals surface area contributed by atoms with Crippen LogP contribution in [-0.2, 0) is 6.42 Å². The van der Waals surface area contributed by atoms with Gasteiger partial charge in [-0.25, -0.2) is 4.52 Å². The van der Waals surface area contributed by atoms with Crippen molar-refractivity contribution in [1.29, 1.82) is 0 Å². The largest absolute Gasteiger partial charge is 0.344 e. The van der Waals surface area contributed by atoms with E-state index in [0.29, 0.717) is 11.2 Å². The van der Waals surface area contributed by atoms with E-state index in [-0.39, 0.29) is 23.2 Å². The van der Waals surface area contributed by atoms with Crippen LogP contribution in [0.25, 0.3) is 27.5 Å². The Morgan fingerprint density at radius 3 is 2.55 bits per heavy atom. The van der Waals surface area contributed by atoms with Crippen molar-refractivity contribution in [3.05, 3.63) is 106 Å². The highest BCUT2D eigenvalue weighted by Crippen LogP contribution is 2.23. The summed E-state index contributed by atoms with van der Waals surface area (Å²) in [7, 11) is 0. The lowest BCUT2D eigenvalue weighted by Gasteiger charge is -2.13. The van der Waals surface area contributed by atoms with Crippen LogP contribution in [0.5, 0.6) is 0 Å². The second-order valence-corrected chi connectivity index (χ2v) is 8.21. The zero-order chi connectivity index (χ0) is 22.9. The number of hydrogen-bond acceptors (Lipinski definition) is 3. The monoisotopic (exact) mass is 436 g/mol. The van der Waals surface area contributed by atoms with Gasteiger partial charge in [-0.3, -0.25) is 9.59 Å². The summed E-state index contributed by atoms with van der Waals surface area (Å²) in [4.78, 5) is 28.5. The van der Waals surface area contributed by atoms with Crippen molar-refractivity contribution in [2.45, 2.75) is 26.3 Å². The molecule has 33 heavy (non-hydrogen) atoms. The molecule has 164 valence electrons. The average molecular weight is 437 g/mol. The average Bonchev–Trinajstić information content (AvgIpc) is 3.29. The molecule has 2 aromatic heterocycles. The Morgan fingerprint density at radius 2 is 1.79 bits per heavy atom. The van der Waals surface area contributed by atoms with Crippen molar-refractivity contribution in [3.63, 3.8) is 0 Å². The number of fused-ring (bicyclic) bond motifs is 2. The van der Waals surface area contributed by atoms with Gasteiger partial charge < -0.3 is 10.3 Å². The van der Waals surface area contributed by atoms with Crippen LogP contribution in [0.15, 0.2) is 83.8 Å². The SMILES string of the molecule is CCc1ccc(C(C)NC(=O)c2cc3c(=O)[nH]c(-c4ccc5ccccc5c4)cn3n2)cc1. The van der Waals surface area contributed by atoms with Crippen LogP contribution in [0.4, 0.5) is 0 Å². The van der Waals surface area contributed by atoms with E-state index in [1.165, 1.54) is 16.1 Å². The molecule has 5 rings (SSSR count). The number of amides is 1. The van der Waals surface area contributed by atoms with E-state index in [2.05, 4.69) is 34.5 Å². The van der Waals surface area contributed by atoms with E-state index in [0.717, 1.165) is 28.3 Å². The number of aryl methyl sites for hydroxylation is 1. The zero-order valence-corrected chi connectivity index (χ0v) is 18.5. The molecular formula is C27H24N4O2. The first-order valence-corrected chi connectivity index (χ1v) is 11.0. The van der Waals surface area contributed by atoms with Crippen LogP contribution < -0.4 is 10.9 Å². The Morgan fingerprint density at radius 1 is 1.03 bits per heavy atom. The van der Waals surface area contributed by atoms with E-state index in [1.54, 1.807) is 6.20 Å². The molecule has 0 fully saturated rings. The maximum Gasteiger partial charge on any atom is 0.274 e. The number of nitrogens with one attached hydrogen (secondary N) is 2. The number of H-pyrrole nitrogens is 1. The summed E-state index contributed by atoms with van der Waals surface area (Å²) in [5.41, 5.74) is 4.00. The van der Waals surface area contributed by atoms with Gasteiger partial charge in [0.15, 0.2) is 5.69 Å². The van der Waals surface area contributed by atoms with Gasteiger partial charge in [-0.15, -0.1) is 0 Å². The number of carbonyl (C=O) groups is 1. The molecular weight excluding hydrogens is 412 g/mol. The first-order chi connectivity index (χ1) is 16.0. The molecule has 0 aliphatic carbocycles. The van der Waals surface area contributed by atoms with Gasteiger partial charge in [0.05, 0.1) is 17.9 Å². The molecule has 0 saturated carbocycles. The molecule has 1 atom stereocenters. The molecule has 0 radical (unpaired) electrons. The van der Waals surface area contributed by atoms with Gasteiger partial charge >= 0.3 is 0 Å². The molecule has 5 aromatic rings. The predicted octanol–water partition coefficient (Wildman–Crippen LogP) is 4.90. The van der Waals surface area contributed by atoms with E-state index >= 15 is 0 Å². The van der Waals surface area contributed by atoms with Crippen molar-refractivity contribution in [1.82, 2.24) is 19.9 Å². The smallest absolute Gasteiger partial charge is 0.274 e.